The molecule has 0 fully saturated rings. The predicted octanol–water partition coefficient (Wildman–Crippen LogP) is 0.828. The molecule has 2 N–H and O–H groups in total. The van der Waals surface area contributed by atoms with Crippen LogP contribution in [0.2, 0.25) is 0 Å². The van der Waals surface area contributed by atoms with Gasteiger partial charge in [-0.05, 0) is 25.5 Å². The average molecular weight is 273 g/mol. The lowest BCUT2D eigenvalue weighted by Gasteiger charge is -2.07. The smallest absolute Gasteiger partial charge is 0.242 e. The molecule has 0 amide bonds. The van der Waals surface area contributed by atoms with Crippen molar-refractivity contribution in [2.24, 2.45) is 0 Å². The summed E-state index contributed by atoms with van der Waals surface area (Å²) in [5.41, 5.74) is 0. The number of nitrogens with one attached hydrogen (secondary N) is 2. The standard InChI is InChI=1S/C11H19N3O3S/c1-3-17-8-4-7-14-18(15,16)10-5-6-11(12-2)13-9-10/h5-6,9,14H,3-4,7-8H2,1-2H3,(H,12,13). The van der Waals surface area contributed by atoms with Gasteiger partial charge in [0, 0.05) is 33.0 Å². The van der Waals surface area contributed by atoms with Crippen molar-refractivity contribution in [1.29, 1.82) is 0 Å². The molecule has 7 heteroatoms. The quantitative estimate of drug-likeness (QED) is 0.686. The van der Waals surface area contributed by atoms with E-state index in [9.17, 15) is 8.42 Å². The van der Waals surface area contributed by atoms with E-state index in [-0.39, 0.29) is 4.90 Å². The molecule has 6 nitrogen and oxygen atoms in total. The molecule has 0 radical (unpaired) electrons. The van der Waals surface area contributed by atoms with Crippen LogP contribution in [0.1, 0.15) is 13.3 Å². The van der Waals surface area contributed by atoms with Gasteiger partial charge in [-0.25, -0.2) is 18.1 Å². The van der Waals surface area contributed by atoms with Crippen LogP contribution in [0.3, 0.4) is 0 Å². The topological polar surface area (TPSA) is 80.3 Å². The fourth-order valence-corrected chi connectivity index (χ4v) is 2.31. The average Bonchev–Trinajstić information content (AvgIpc) is 2.38. The van der Waals surface area contributed by atoms with Crippen LogP contribution in [-0.4, -0.2) is 40.2 Å². The van der Waals surface area contributed by atoms with E-state index in [1.165, 1.54) is 12.3 Å². The summed E-state index contributed by atoms with van der Waals surface area (Å²) in [6, 6.07) is 3.14. The third-order valence-electron chi connectivity index (χ3n) is 2.26. The lowest BCUT2D eigenvalue weighted by atomic mass is 10.5. The Bertz CT molecular complexity index is 445. The van der Waals surface area contributed by atoms with Crippen LogP contribution in [0.5, 0.6) is 0 Å². The van der Waals surface area contributed by atoms with Crippen LogP contribution in [0, 0.1) is 0 Å². The number of rotatable bonds is 8. The Morgan fingerprint density at radius 2 is 2.17 bits per heavy atom. The van der Waals surface area contributed by atoms with Crippen molar-refractivity contribution in [3.63, 3.8) is 0 Å². The number of aromatic nitrogens is 1. The largest absolute Gasteiger partial charge is 0.382 e. The molecule has 1 rings (SSSR count). The summed E-state index contributed by atoms with van der Waals surface area (Å²) in [5, 5.41) is 2.83. The minimum absolute atomic E-state index is 0.165. The molecule has 0 aliphatic rings. The van der Waals surface area contributed by atoms with Gasteiger partial charge in [-0.3, -0.25) is 0 Å². The van der Waals surface area contributed by atoms with Crippen molar-refractivity contribution in [1.82, 2.24) is 9.71 Å². The van der Waals surface area contributed by atoms with Crippen LogP contribution in [0.15, 0.2) is 23.2 Å². The van der Waals surface area contributed by atoms with Gasteiger partial charge < -0.3 is 10.1 Å². The second-order valence-electron chi connectivity index (χ2n) is 3.58. The Morgan fingerprint density at radius 3 is 2.72 bits per heavy atom. The van der Waals surface area contributed by atoms with E-state index in [0.717, 1.165) is 0 Å². The van der Waals surface area contributed by atoms with Crippen molar-refractivity contribution in [2.45, 2.75) is 18.2 Å². The Kier molecular flexibility index (Phi) is 6.03. The van der Waals surface area contributed by atoms with Crippen molar-refractivity contribution in [3.8, 4) is 0 Å². The van der Waals surface area contributed by atoms with E-state index < -0.39 is 10.0 Å². The molecule has 18 heavy (non-hydrogen) atoms. The fraction of sp³-hybridized carbons (Fsp3) is 0.545. The highest BCUT2D eigenvalue weighted by molar-refractivity contribution is 7.89. The number of nitrogens with zero attached hydrogens (tertiary/aromatic N) is 1. The van der Waals surface area contributed by atoms with E-state index in [4.69, 9.17) is 4.74 Å². The first kappa shape index (κ1) is 14.9. The Hall–Kier alpha value is -1.18. The molecule has 0 saturated carbocycles. The second-order valence-corrected chi connectivity index (χ2v) is 5.34. The molecule has 1 heterocycles. The van der Waals surface area contributed by atoms with Gasteiger partial charge in [0.2, 0.25) is 10.0 Å². The maximum atomic E-state index is 11.9. The zero-order chi connectivity index (χ0) is 13.4. The number of hydrogen-bond acceptors (Lipinski definition) is 5. The molecule has 0 aliphatic carbocycles. The fourth-order valence-electron chi connectivity index (χ4n) is 1.30. The summed E-state index contributed by atoms with van der Waals surface area (Å²) in [7, 11) is -1.74. The van der Waals surface area contributed by atoms with Crippen LogP contribution >= 0.6 is 0 Å². The number of ether oxygens (including phenoxy) is 1. The van der Waals surface area contributed by atoms with Gasteiger partial charge in [0.05, 0.1) is 0 Å². The van der Waals surface area contributed by atoms with E-state index in [2.05, 4.69) is 15.0 Å². The van der Waals surface area contributed by atoms with E-state index in [0.29, 0.717) is 32.0 Å². The molecular formula is C11H19N3O3S. The van der Waals surface area contributed by atoms with Gasteiger partial charge in [0.25, 0.3) is 0 Å². The highest BCUT2D eigenvalue weighted by atomic mass is 32.2. The predicted molar refractivity (Wildman–Crippen MR) is 70.1 cm³/mol. The maximum absolute atomic E-state index is 11.9. The van der Waals surface area contributed by atoms with Gasteiger partial charge in [0.1, 0.15) is 10.7 Å². The molecule has 0 bridgehead atoms. The number of pyridine rings is 1. The van der Waals surface area contributed by atoms with E-state index >= 15 is 0 Å². The maximum Gasteiger partial charge on any atom is 0.242 e. The van der Waals surface area contributed by atoms with Crippen molar-refractivity contribution in [3.05, 3.63) is 18.3 Å². The molecule has 102 valence electrons. The summed E-state index contributed by atoms with van der Waals surface area (Å²) in [6.45, 7) is 3.45. The monoisotopic (exact) mass is 273 g/mol. The molecule has 0 aromatic carbocycles. The second kappa shape index (κ2) is 7.30. The van der Waals surface area contributed by atoms with Gasteiger partial charge in [-0.15, -0.1) is 0 Å². The van der Waals surface area contributed by atoms with Crippen molar-refractivity contribution < 1.29 is 13.2 Å². The lowest BCUT2D eigenvalue weighted by Crippen LogP contribution is -2.25. The third kappa shape index (κ3) is 4.59. The normalized spacial score (nSPS) is 11.4. The Balaban J connectivity index is 2.51. The van der Waals surface area contributed by atoms with Crippen LogP contribution in [0.4, 0.5) is 5.82 Å². The van der Waals surface area contributed by atoms with Gasteiger partial charge in [0.15, 0.2) is 0 Å². The minimum Gasteiger partial charge on any atom is -0.382 e. The van der Waals surface area contributed by atoms with Crippen LogP contribution in [0.25, 0.3) is 0 Å². The van der Waals surface area contributed by atoms with Gasteiger partial charge >= 0.3 is 0 Å². The summed E-state index contributed by atoms with van der Waals surface area (Å²) in [5.74, 6) is 0.630. The first-order chi connectivity index (χ1) is 8.60. The zero-order valence-electron chi connectivity index (χ0n) is 10.6. The first-order valence-electron chi connectivity index (χ1n) is 5.81. The Labute approximate surface area is 108 Å². The molecule has 0 unspecified atom stereocenters. The van der Waals surface area contributed by atoms with E-state index in [1.54, 1.807) is 13.1 Å². The van der Waals surface area contributed by atoms with Gasteiger partial charge in [-0.2, -0.15) is 0 Å². The molecular weight excluding hydrogens is 254 g/mol. The molecule has 0 aliphatic heterocycles. The number of anilines is 1. The molecule has 1 aromatic heterocycles. The molecule has 0 saturated heterocycles. The first-order valence-corrected chi connectivity index (χ1v) is 7.29. The molecule has 0 spiro atoms. The summed E-state index contributed by atoms with van der Waals surface area (Å²) < 4.78 is 31.3. The highest BCUT2D eigenvalue weighted by Gasteiger charge is 2.13. The lowest BCUT2D eigenvalue weighted by molar-refractivity contribution is 0.146. The van der Waals surface area contributed by atoms with E-state index in [1.807, 2.05) is 6.92 Å². The van der Waals surface area contributed by atoms with Crippen LogP contribution < -0.4 is 10.0 Å². The molecule has 0 atom stereocenters. The summed E-state index contributed by atoms with van der Waals surface area (Å²) in [4.78, 5) is 4.13. The molecule has 1 aromatic rings. The number of hydrogen-bond donors (Lipinski definition) is 2. The summed E-state index contributed by atoms with van der Waals surface area (Å²) in [6.07, 6.45) is 1.98. The number of sulfonamides is 1. The highest BCUT2D eigenvalue weighted by Crippen LogP contribution is 2.09. The Morgan fingerprint density at radius 1 is 1.39 bits per heavy atom. The van der Waals surface area contributed by atoms with Crippen LogP contribution in [-0.2, 0) is 14.8 Å². The third-order valence-corrected chi connectivity index (χ3v) is 3.71. The van der Waals surface area contributed by atoms with Crippen molar-refractivity contribution in [2.75, 3.05) is 32.1 Å². The zero-order valence-corrected chi connectivity index (χ0v) is 11.5. The van der Waals surface area contributed by atoms with Crippen molar-refractivity contribution >= 4 is 15.8 Å². The minimum atomic E-state index is -3.47. The van der Waals surface area contributed by atoms with Gasteiger partial charge in [-0.1, -0.05) is 0 Å². The SMILES string of the molecule is CCOCCCNS(=O)(=O)c1ccc(NC)nc1. The summed E-state index contributed by atoms with van der Waals surface area (Å²) >= 11 is 0.